The zero-order valence-electron chi connectivity index (χ0n) is 24.0. The summed E-state index contributed by atoms with van der Waals surface area (Å²) in [6.07, 6.45) is 7.39. The number of hydrogen-bond acceptors (Lipinski definition) is 5. The quantitative estimate of drug-likeness (QED) is 0.279. The SMILES string of the molecule is COCCN1CCC(c2ccc(F)c(F)c2)C1.Cc1c(-c2cnn(CC3CC3)c2)nn(-c2ccccc2)c1NC(N)=O. The zero-order chi connectivity index (χ0) is 29.6. The van der Waals surface area contributed by atoms with E-state index in [2.05, 4.69) is 15.3 Å². The number of anilines is 1. The minimum Gasteiger partial charge on any atom is -0.383 e. The van der Waals surface area contributed by atoms with E-state index < -0.39 is 17.7 Å². The number of methoxy groups -OCH3 is 1. The van der Waals surface area contributed by atoms with E-state index in [1.807, 2.05) is 54.3 Å². The molecule has 9 nitrogen and oxygen atoms in total. The van der Waals surface area contributed by atoms with Crippen LogP contribution in [0.2, 0.25) is 0 Å². The molecule has 1 saturated heterocycles. The standard InChI is InChI=1S/C18H20N6O.C13H17F2NO/c1-12-16(14-9-20-23(11-14)10-13-7-8-13)22-24(17(12)21-18(19)25)15-5-3-2-4-6-15;1-17-7-6-16-5-4-11(9-16)10-2-3-12(14)13(15)8-10/h2-6,9,11,13H,7-8,10H2,1H3,(H3,19,21,25);2-3,8,11H,4-7,9H2,1H3. The highest BCUT2D eigenvalue weighted by Gasteiger charge is 2.25. The lowest BCUT2D eigenvalue weighted by molar-refractivity contribution is 0.160. The Morgan fingerprint density at radius 2 is 1.90 bits per heavy atom. The van der Waals surface area contributed by atoms with Crippen molar-refractivity contribution >= 4 is 11.8 Å². The largest absolute Gasteiger partial charge is 0.383 e. The van der Waals surface area contributed by atoms with Gasteiger partial charge >= 0.3 is 6.03 Å². The summed E-state index contributed by atoms with van der Waals surface area (Å²) < 4.78 is 34.6. The van der Waals surface area contributed by atoms with Crippen molar-refractivity contribution in [1.29, 1.82) is 0 Å². The summed E-state index contributed by atoms with van der Waals surface area (Å²) in [7, 11) is 1.68. The number of nitrogens with one attached hydrogen (secondary N) is 1. The number of amides is 2. The molecule has 3 heterocycles. The summed E-state index contributed by atoms with van der Waals surface area (Å²) >= 11 is 0. The van der Waals surface area contributed by atoms with Crippen LogP contribution in [0.3, 0.4) is 0 Å². The second-order valence-electron chi connectivity index (χ2n) is 10.9. The summed E-state index contributed by atoms with van der Waals surface area (Å²) in [5.41, 5.74) is 9.66. The molecular weight excluding hydrogens is 540 g/mol. The van der Waals surface area contributed by atoms with Gasteiger partial charge in [-0.3, -0.25) is 10.00 Å². The molecule has 1 unspecified atom stereocenters. The molecule has 3 N–H and O–H groups in total. The molecule has 1 aliphatic carbocycles. The number of hydrogen-bond donors (Lipinski definition) is 2. The van der Waals surface area contributed by atoms with Crippen LogP contribution in [0.5, 0.6) is 0 Å². The molecular formula is C31H37F2N7O2. The highest BCUT2D eigenvalue weighted by atomic mass is 19.2. The number of primary amides is 1. The average molecular weight is 578 g/mol. The van der Waals surface area contributed by atoms with E-state index >= 15 is 0 Å². The summed E-state index contributed by atoms with van der Waals surface area (Å²) in [5, 5.41) is 11.8. The zero-order valence-corrected chi connectivity index (χ0v) is 24.0. The van der Waals surface area contributed by atoms with E-state index in [1.54, 1.807) is 17.9 Å². The molecule has 0 bridgehead atoms. The molecule has 1 aliphatic heterocycles. The van der Waals surface area contributed by atoms with Gasteiger partial charge in [0.15, 0.2) is 11.6 Å². The fourth-order valence-electron chi connectivity index (χ4n) is 5.23. The first-order valence-corrected chi connectivity index (χ1v) is 14.2. The number of nitrogens with zero attached hydrogens (tertiary/aromatic N) is 5. The van der Waals surface area contributed by atoms with E-state index in [4.69, 9.17) is 15.6 Å². The van der Waals surface area contributed by atoms with E-state index in [0.717, 1.165) is 66.6 Å². The molecule has 2 aromatic carbocycles. The van der Waals surface area contributed by atoms with Crippen molar-refractivity contribution in [3.63, 3.8) is 0 Å². The lowest BCUT2D eigenvalue weighted by Crippen LogP contribution is -2.24. The minimum absolute atomic E-state index is 0.307. The highest BCUT2D eigenvalue weighted by Crippen LogP contribution is 2.33. The first-order chi connectivity index (χ1) is 20.3. The molecule has 42 heavy (non-hydrogen) atoms. The maximum absolute atomic E-state index is 13.1. The van der Waals surface area contributed by atoms with Crippen LogP contribution in [-0.2, 0) is 11.3 Å². The summed E-state index contributed by atoms with van der Waals surface area (Å²) in [5.74, 6) is 0.106. The lowest BCUT2D eigenvalue weighted by Gasteiger charge is -2.15. The van der Waals surface area contributed by atoms with Crippen LogP contribution < -0.4 is 11.1 Å². The maximum atomic E-state index is 13.1. The predicted molar refractivity (Wildman–Crippen MR) is 157 cm³/mol. The fourth-order valence-corrected chi connectivity index (χ4v) is 5.23. The van der Waals surface area contributed by atoms with Gasteiger partial charge in [-0.1, -0.05) is 24.3 Å². The molecule has 1 atom stereocenters. The molecule has 11 heteroatoms. The smallest absolute Gasteiger partial charge is 0.317 e. The van der Waals surface area contributed by atoms with Crippen LogP contribution in [-0.4, -0.2) is 63.8 Å². The average Bonchev–Trinajstić information content (AvgIpc) is 3.33. The van der Waals surface area contributed by atoms with Gasteiger partial charge in [-0.05, 0) is 74.4 Å². The number of ether oxygens (including phenoxy) is 1. The number of halogens is 2. The van der Waals surface area contributed by atoms with Crippen LogP contribution in [0.1, 0.15) is 36.3 Å². The lowest BCUT2D eigenvalue weighted by atomic mass is 9.98. The van der Waals surface area contributed by atoms with Crippen LogP contribution in [0.25, 0.3) is 16.9 Å². The minimum atomic E-state index is -0.775. The van der Waals surface area contributed by atoms with Crippen molar-refractivity contribution in [1.82, 2.24) is 24.5 Å². The van der Waals surface area contributed by atoms with Gasteiger partial charge in [0.05, 0.1) is 18.5 Å². The third-order valence-corrected chi connectivity index (χ3v) is 7.71. The van der Waals surface area contributed by atoms with Crippen LogP contribution in [0.15, 0.2) is 60.9 Å². The third kappa shape index (κ3) is 7.21. The van der Waals surface area contributed by atoms with Gasteiger partial charge in [0, 0.05) is 44.1 Å². The molecule has 2 amide bonds. The summed E-state index contributed by atoms with van der Waals surface area (Å²) in [4.78, 5) is 13.7. The molecule has 4 aromatic rings. The maximum Gasteiger partial charge on any atom is 0.317 e. The van der Waals surface area contributed by atoms with E-state index in [9.17, 15) is 13.6 Å². The predicted octanol–water partition coefficient (Wildman–Crippen LogP) is 5.35. The van der Waals surface area contributed by atoms with Gasteiger partial charge in [0.2, 0.25) is 0 Å². The van der Waals surface area contributed by atoms with Crippen molar-refractivity contribution in [2.45, 2.75) is 38.6 Å². The molecule has 2 aliphatic rings. The van der Waals surface area contributed by atoms with Crippen LogP contribution in [0.4, 0.5) is 19.4 Å². The van der Waals surface area contributed by atoms with Crippen LogP contribution >= 0.6 is 0 Å². The second kappa shape index (κ2) is 13.3. The second-order valence-corrected chi connectivity index (χ2v) is 10.9. The molecule has 6 rings (SSSR count). The number of carbonyl (C=O) groups excluding carboxylic acids is 1. The topological polar surface area (TPSA) is 103 Å². The van der Waals surface area contributed by atoms with Gasteiger partial charge in [-0.2, -0.15) is 10.2 Å². The highest BCUT2D eigenvalue weighted by molar-refractivity contribution is 5.89. The Morgan fingerprint density at radius 3 is 2.60 bits per heavy atom. The third-order valence-electron chi connectivity index (χ3n) is 7.71. The Balaban J connectivity index is 0.000000181. The van der Waals surface area contributed by atoms with Gasteiger partial charge in [-0.25, -0.2) is 18.3 Å². The number of para-hydroxylation sites is 1. The van der Waals surface area contributed by atoms with Crippen molar-refractivity contribution in [3.8, 4) is 16.9 Å². The molecule has 0 spiro atoms. The number of carbonyl (C=O) groups is 1. The first-order valence-electron chi connectivity index (χ1n) is 14.2. The van der Waals surface area contributed by atoms with Gasteiger partial charge < -0.3 is 15.4 Å². The first kappa shape index (κ1) is 29.4. The van der Waals surface area contributed by atoms with Gasteiger partial charge in [-0.15, -0.1) is 0 Å². The van der Waals surface area contributed by atoms with Crippen molar-refractivity contribution in [2.24, 2.45) is 11.7 Å². The Kier molecular flexibility index (Phi) is 9.28. The molecule has 2 aromatic heterocycles. The molecule has 0 radical (unpaired) electrons. The van der Waals surface area contributed by atoms with Crippen molar-refractivity contribution in [2.75, 3.05) is 38.7 Å². The Labute approximate surface area is 244 Å². The van der Waals surface area contributed by atoms with E-state index in [-0.39, 0.29) is 0 Å². The van der Waals surface area contributed by atoms with E-state index in [0.29, 0.717) is 18.3 Å². The number of urea groups is 1. The molecule has 1 saturated carbocycles. The number of likely N-dealkylation sites (tertiary alicyclic amines) is 1. The number of aromatic nitrogens is 4. The van der Waals surface area contributed by atoms with Crippen molar-refractivity contribution < 1.29 is 18.3 Å². The van der Waals surface area contributed by atoms with Gasteiger partial charge in [0.1, 0.15) is 11.5 Å². The monoisotopic (exact) mass is 577 g/mol. The van der Waals surface area contributed by atoms with Gasteiger partial charge in [0.25, 0.3) is 0 Å². The van der Waals surface area contributed by atoms with Crippen LogP contribution in [0, 0.1) is 24.5 Å². The fraction of sp³-hybridized carbons (Fsp3) is 0.387. The summed E-state index contributed by atoms with van der Waals surface area (Å²) in [6.45, 7) is 6.37. The molecule has 2 fully saturated rings. The van der Waals surface area contributed by atoms with Crippen molar-refractivity contribution in [3.05, 3.63) is 83.7 Å². The number of rotatable bonds is 9. The Bertz CT molecular complexity index is 1500. The normalized spacial score (nSPS) is 16.7. The Morgan fingerprint density at radius 1 is 1.12 bits per heavy atom. The Hall–Kier alpha value is -4.09. The number of nitrogens with two attached hydrogens (primary N) is 1. The number of benzene rings is 2. The van der Waals surface area contributed by atoms with E-state index in [1.165, 1.54) is 25.0 Å². The summed E-state index contributed by atoms with van der Waals surface area (Å²) in [6, 6.07) is 13.2. The molecule has 222 valence electrons.